The molecule has 7 rings (SSSR count). The summed E-state index contributed by atoms with van der Waals surface area (Å²) in [5, 5.41) is 6.78. The average Bonchev–Trinajstić information content (AvgIpc) is 3.37. The van der Waals surface area contributed by atoms with Crippen molar-refractivity contribution < 1.29 is 8.83 Å². The molecule has 0 radical (unpaired) electrons. The lowest BCUT2D eigenvalue weighted by molar-refractivity contribution is 0.668. The van der Waals surface area contributed by atoms with Gasteiger partial charge in [-0.25, -0.2) is 0 Å². The lowest BCUT2D eigenvalue weighted by Gasteiger charge is -2.03. The molecule has 0 fully saturated rings. The fourth-order valence-corrected chi connectivity index (χ4v) is 4.67. The summed E-state index contributed by atoms with van der Waals surface area (Å²) in [5.74, 6) is 0. The van der Waals surface area contributed by atoms with Crippen LogP contribution in [-0.2, 0) is 0 Å². The Morgan fingerprint density at radius 3 is 2.13 bits per heavy atom. The van der Waals surface area contributed by atoms with Gasteiger partial charge < -0.3 is 8.83 Å². The number of benzene rings is 5. The Balaban J connectivity index is 1.68. The van der Waals surface area contributed by atoms with Crippen molar-refractivity contribution in [3.8, 4) is 11.1 Å². The quantitative estimate of drug-likeness (QED) is 0.284. The zero-order valence-corrected chi connectivity index (χ0v) is 16.1. The molecule has 0 unspecified atom stereocenters. The van der Waals surface area contributed by atoms with E-state index >= 15 is 0 Å². The van der Waals surface area contributed by atoms with Gasteiger partial charge in [0, 0.05) is 26.9 Å². The summed E-state index contributed by atoms with van der Waals surface area (Å²) in [6.45, 7) is 0. The van der Waals surface area contributed by atoms with Crippen molar-refractivity contribution in [1.82, 2.24) is 0 Å². The zero-order valence-electron chi connectivity index (χ0n) is 16.1. The van der Waals surface area contributed by atoms with E-state index < -0.39 is 0 Å². The standard InChI is InChI=1S/C28H16O2/c1-2-6-17(7-3-1)19-12-14-24-22(16-19)27-25(29-24)15-11-18-10-13-21-20-8-4-5-9-23(20)30-28(21)26(18)27/h1-16H. The number of hydrogen-bond acceptors (Lipinski definition) is 2. The van der Waals surface area contributed by atoms with Crippen LogP contribution in [0.15, 0.2) is 106 Å². The van der Waals surface area contributed by atoms with Gasteiger partial charge in [-0.05, 0) is 46.8 Å². The van der Waals surface area contributed by atoms with Crippen molar-refractivity contribution in [1.29, 1.82) is 0 Å². The number of rotatable bonds is 1. The van der Waals surface area contributed by atoms with Gasteiger partial charge in [0.05, 0.1) is 0 Å². The first-order chi connectivity index (χ1) is 14.9. The predicted octanol–water partition coefficient (Wildman–Crippen LogP) is 8.31. The topological polar surface area (TPSA) is 26.3 Å². The highest BCUT2D eigenvalue weighted by Crippen LogP contribution is 2.41. The van der Waals surface area contributed by atoms with Crippen LogP contribution in [-0.4, -0.2) is 0 Å². The molecule has 0 amide bonds. The molecular weight excluding hydrogens is 368 g/mol. The maximum atomic E-state index is 6.37. The number of para-hydroxylation sites is 1. The van der Waals surface area contributed by atoms with Gasteiger partial charge in [-0.15, -0.1) is 0 Å². The first-order valence-corrected chi connectivity index (χ1v) is 10.1. The first-order valence-electron chi connectivity index (χ1n) is 10.1. The molecule has 0 bridgehead atoms. The van der Waals surface area contributed by atoms with E-state index in [-0.39, 0.29) is 0 Å². The van der Waals surface area contributed by atoms with E-state index in [1.807, 2.05) is 18.2 Å². The van der Waals surface area contributed by atoms with Crippen molar-refractivity contribution in [2.24, 2.45) is 0 Å². The molecule has 0 saturated heterocycles. The van der Waals surface area contributed by atoms with Crippen molar-refractivity contribution in [2.75, 3.05) is 0 Å². The number of fused-ring (bicyclic) bond motifs is 9. The van der Waals surface area contributed by atoms with Gasteiger partial charge in [0.2, 0.25) is 0 Å². The average molecular weight is 384 g/mol. The third-order valence-electron chi connectivity index (χ3n) is 6.07. The van der Waals surface area contributed by atoms with Crippen LogP contribution in [0.25, 0.3) is 65.8 Å². The smallest absolute Gasteiger partial charge is 0.144 e. The van der Waals surface area contributed by atoms with E-state index in [9.17, 15) is 0 Å². The predicted molar refractivity (Wildman–Crippen MR) is 124 cm³/mol. The van der Waals surface area contributed by atoms with E-state index in [0.29, 0.717) is 0 Å². The van der Waals surface area contributed by atoms with Gasteiger partial charge in [0.25, 0.3) is 0 Å². The second-order valence-corrected chi connectivity index (χ2v) is 7.76. The summed E-state index contributed by atoms with van der Waals surface area (Å²) in [7, 11) is 0. The highest BCUT2D eigenvalue weighted by atomic mass is 16.3. The summed E-state index contributed by atoms with van der Waals surface area (Å²) < 4.78 is 12.6. The molecule has 0 aliphatic rings. The maximum Gasteiger partial charge on any atom is 0.144 e. The van der Waals surface area contributed by atoms with Crippen LogP contribution in [0, 0.1) is 0 Å². The van der Waals surface area contributed by atoms with Crippen LogP contribution < -0.4 is 0 Å². The van der Waals surface area contributed by atoms with E-state index in [1.165, 1.54) is 11.1 Å². The van der Waals surface area contributed by atoms with Crippen molar-refractivity contribution >= 4 is 54.6 Å². The minimum Gasteiger partial charge on any atom is -0.456 e. The SMILES string of the molecule is c1ccc(-c2ccc3oc4ccc5ccc6c7ccccc7oc6c5c4c3c2)cc1. The van der Waals surface area contributed by atoms with Gasteiger partial charge >= 0.3 is 0 Å². The van der Waals surface area contributed by atoms with Gasteiger partial charge in [-0.1, -0.05) is 66.7 Å². The highest BCUT2D eigenvalue weighted by Gasteiger charge is 2.17. The molecule has 0 atom stereocenters. The summed E-state index contributed by atoms with van der Waals surface area (Å²) in [4.78, 5) is 0. The second kappa shape index (κ2) is 5.74. The lowest BCUT2D eigenvalue weighted by atomic mass is 9.98. The molecule has 5 aromatic carbocycles. The Morgan fingerprint density at radius 1 is 0.433 bits per heavy atom. The normalized spacial score (nSPS) is 12.0. The van der Waals surface area contributed by atoms with Crippen LogP contribution in [0.5, 0.6) is 0 Å². The summed E-state index contributed by atoms with van der Waals surface area (Å²) in [5.41, 5.74) is 5.99. The minimum absolute atomic E-state index is 0.885. The second-order valence-electron chi connectivity index (χ2n) is 7.76. The van der Waals surface area contributed by atoms with E-state index in [2.05, 4.69) is 78.9 Å². The summed E-state index contributed by atoms with van der Waals surface area (Å²) >= 11 is 0. The Hall–Kier alpha value is -4.04. The summed E-state index contributed by atoms with van der Waals surface area (Å²) in [6.07, 6.45) is 0. The lowest BCUT2D eigenvalue weighted by Crippen LogP contribution is -1.78. The molecule has 0 aliphatic carbocycles. The molecule has 30 heavy (non-hydrogen) atoms. The molecule has 7 aromatic rings. The fraction of sp³-hybridized carbons (Fsp3) is 0. The highest BCUT2D eigenvalue weighted by molar-refractivity contribution is 6.28. The number of hydrogen-bond donors (Lipinski definition) is 0. The Bertz CT molecular complexity index is 1730. The molecule has 0 saturated carbocycles. The Kier molecular flexibility index (Phi) is 3.03. The third kappa shape index (κ3) is 2.08. The van der Waals surface area contributed by atoms with Crippen LogP contribution in [0.4, 0.5) is 0 Å². The monoisotopic (exact) mass is 384 g/mol. The van der Waals surface area contributed by atoms with Crippen LogP contribution in [0.3, 0.4) is 0 Å². The third-order valence-corrected chi connectivity index (χ3v) is 6.07. The zero-order chi connectivity index (χ0) is 19.7. The minimum atomic E-state index is 0.885. The molecular formula is C28H16O2. The van der Waals surface area contributed by atoms with E-state index in [4.69, 9.17) is 8.83 Å². The molecule has 2 heteroatoms. The van der Waals surface area contributed by atoms with Crippen LogP contribution in [0.1, 0.15) is 0 Å². The molecule has 0 spiro atoms. The number of furan rings is 2. The fourth-order valence-electron chi connectivity index (χ4n) is 4.67. The van der Waals surface area contributed by atoms with Crippen molar-refractivity contribution in [2.45, 2.75) is 0 Å². The van der Waals surface area contributed by atoms with E-state index in [1.54, 1.807) is 0 Å². The van der Waals surface area contributed by atoms with E-state index in [0.717, 1.165) is 54.6 Å². The first kappa shape index (κ1) is 15.8. The Morgan fingerprint density at radius 2 is 1.20 bits per heavy atom. The molecule has 2 nitrogen and oxygen atoms in total. The van der Waals surface area contributed by atoms with Crippen molar-refractivity contribution in [3.05, 3.63) is 97.1 Å². The maximum absolute atomic E-state index is 6.37. The van der Waals surface area contributed by atoms with Crippen molar-refractivity contribution in [3.63, 3.8) is 0 Å². The molecule has 2 aromatic heterocycles. The van der Waals surface area contributed by atoms with Crippen LogP contribution in [0.2, 0.25) is 0 Å². The van der Waals surface area contributed by atoms with Gasteiger partial charge in [0.1, 0.15) is 22.3 Å². The molecule has 2 heterocycles. The molecule has 0 N–H and O–H groups in total. The largest absolute Gasteiger partial charge is 0.456 e. The van der Waals surface area contributed by atoms with Crippen LogP contribution >= 0.6 is 0 Å². The molecule has 140 valence electrons. The van der Waals surface area contributed by atoms with Gasteiger partial charge in [-0.3, -0.25) is 0 Å². The summed E-state index contributed by atoms with van der Waals surface area (Å²) in [6, 6.07) is 33.6. The Labute approximate surface area is 171 Å². The van der Waals surface area contributed by atoms with Gasteiger partial charge in [0.15, 0.2) is 0 Å². The molecule has 0 aliphatic heterocycles. The van der Waals surface area contributed by atoms with Gasteiger partial charge in [-0.2, -0.15) is 0 Å².